The van der Waals surface area contributed by atoms with Gasteiger partial charge in [0.2, 0.25) is 0 Å². The second kappa shape index (κ2) is 5.48. The van der Waals surface area contributed by atoms with E-state index in [1.807, 2.05) is 6.92 Å². The second-order valence-electron chi connectivity index (χ2n) is 5.42. The number of carbonyl (C=O) groups excluding carboxylic acids is 2. The fourth-order valence-corrected chi connectivity index (χ4v) is 4.36. The highest BCUT2D eigenvalue weighted by Crippen LogP contribution is 2.17. The first-order valence-corrected chi connectivity index (χ1v) is 8.53. The largest absolute Gasteiger partial charge is 0.344 e. The van der Waals surface area contributed by atoms with Gasteiger partial charge >= 0.3 is 11.8 Å². The lowest BCUT2D eigenvalue weighted by Crippen LogP contribution is -2.51. The fourth-order valence-electron chi connectivity index (χ4n) is 2.69. The number of nitrogens with zero attached hydrogens (tertiary/aromatic N) is 1. The summed E-state index contributed by atoms with van der Waals surface area (Å²) in [5, 5.41) is 2.54. The standard InChI is InChI=1S/C12H20N2O4S/c1-9-4-2-3-6-14(9)12(16)11(15)13-10-5-7-19(17,18)8-10/h9-10H,2-8H2,1H3,(H,13,15). The number of nitrogens with one attached hydrogen (secondary N) is 1. The van der Waals surface area contributed by atoms with Gasteiger partial charge < -0.3 is 10.2 Å². The fraction of sp³-hybridized carbons (Fsp3) is 0.833. The maximum atomic E-state index is 12.0. The normalized spacial score (nSPS) is 30.1. The van der Waals surface area contributed by atoms with E-state index >= 15 is 0 Å². The molecule has 2 rings (SSSR count). The molecule has 0 radical (unpaired) electrons. The van der Waals surface area contributed by atoms with Gasteiger partial charge in [-0.1, -0.05) is 0 Å². The monoisotopic (exact) mass is 288 g/mol. The van der Waals surface area contributed by atoms with Crippen LogP contribution in [0.2, 0.25) is 0 Å². The van der Waals surface area contributed by atoms with Crippen LogP contribution in [-0.4, -0.2) is 55.3 Å². The molecule has 0 bridgehead atoms. The number of hydrogen-bond acceptors (Lipinski definition) is 4. The summed E-state index contributed by atoms with van der Waals surface area (Å²) in [5.74, 6) is -1.17. The van der Waals surface area contributed by atoms with Crippen molar-refractivity contribution in [3.63, 3.8) is 0 Å². The molecule has 108 valence electrons. The van der Waals surface area contributed by atoms with Gasteiger partial charge in [-0.25, -0.2) is 8.42 Å². The van der Waals surface area contributed by atoms with Crippen molar-refractivity contribution < 1.29 is 18.0 Å². The maximum absolute atomic E-state index is 12.0. The summed E-state index contributed by atoms with van der Waals surface area (Å²) in [6, 6.07) is -0.333. The highest BCUT2D eigenvalue weighted by molar-refractivity contribution is 7.91. The number of rotatable bonds is 1. The van der Waals surface area contributed by atoms with Crippen molar-refractivity contribution in [1.29, 1.82) is 0 Å². The van der Waals surface area contributed by atoms with Crippen LogP contribution in [0.4, 0.5) is 0 Å². The molecule has 6 nitrogen and oxygen atoms in total. The second-order valence-corrected chi connectivity index (χ2v) is 7.65. The molecule has 0 saturated carbocycles. The number of carbonyl (C=O) groups is 2. The van der Waals surface area contributed by atoms with Crippen molar-refractivity contribution in [2.24, 2.45) is 0 Å². The van der Waals surface area contributed by atoms with Gasteiger partial charge in [-0.05, 0) is 32.6 Å². The topological polar surface area (TPSA) is 83.6 Å². The number of sulfone groups is 1. The van der Waals surface area contributed by atoms with Crippen LogP contribution >= 0.6 is 0 Å². The Morgan fingerprint density at radius 3 is 2.53 bits per heavy atom. The van der Waals surface area contributed by atoms with Crippen molar-refractivity contribution >= 4 is 21.7 Å². The van der Waals surface area contributed by atoms with E-state index in [-0.39, 0.29) is 17.5 Å². The van der Waals surface area contributed by atoms with Gasteiger partial charge in [0.1, 0.15) is 0 Å². The van der Waals surface area contributed by atoms with Gasteiger partial charge in [0.15, 0.2) is 9.84 Å². The van der Waals surface area contributed by atoms with E-state index in [0.717, 1.165) is 19.3 Å². The first kappa shape index (κ1) is 14.3. The summed E-state index contributed by atoms with van der Waals surface area (Å²) in [6.45, 7) is 2.54. The zero-order valence-corrected chi connectivity index (χ0v) is 11.9. The van der Waals surface area contributed by atoms with Gasteiger partial charge in [0.25, 0.3) is 0 Å². The molecule has 2 aliphatic rings. The third-order valence-corrected chi connectivity index (χ3v) is 5.59. The average molecular weight is 288 g/mol. The van der Waals surface area contributed by atoms with Crippen LogP contribution in [0.1, 0.15) is 32.6 Å². The number of hydrogen-bond donors (Lipinski definition) is 1. The van der Waals surface area contributed by atoms with Gasteiger partial charge in [0.05, 0.1) is 11.5 Å². The van der Waals surface area contributed by atoms with Crippen LogP contribution in [0.3, 0.4) is 0 Å². The first-order chi connectivity index (χ1) is 8.89. The van der Waals surface area contributed by atoms with Crippen molar-refractivity contribution in [2.45, 2.75) is 44.7 Å². The summed E-state index contributed by atoms with van der Waals surface area (Å²) in [7, 11) is -3.04. The number of likely N-dealkylation sites (tertiary alicyclic amines) is 1. The van der Waals surface area contributed by atoms with E-state index in [4.69, 9.17) is 0 Å². The Morgan fingerprint density at radius 1 is 1.21 bits per heavy atom. The van der Waals surface area contributed by atoms with Gasteiger partial charge in [-0.15, -0.1) is 0 Å². The third kappa shape index (κ3) is 3.46. The Morgan fingerprint density at radius 2 is 1.95 bits per heavy atom. The quantitative estimate of drug-likeness (QED) is 0.671. The van der Waals surface area contributed by atoms with Crippen LogP contribution in [-0.2, 0) is 19.4 Å². The molecule has 2 aliphatic heterocycles. The van der Waals surface area contributed by atoms with E-state index in [9.17, 15) is 18.0 Å². The molecule has 0 aromatic heterocycles. The Bertz CT molecular complexity index is 474. The minimum atomic E-state index is -3.04. The third-order valence-electron chi connectivity index (χ3n) is 3.83. The molecular formula is C12H20N2O4S. The molecule has 7 heteroatoms. The average Bonchev–Trinajstić information content (AvgIpc) is 2.68. The predicted octanol–water partition coefficient (Wildman–Crippen LogP) is -0.309. The molecule has 2 unspecified atom stereocenters. The van der Waals surface area contributed by atoms with Crippen LogP contribution in [0, 0.1) is 0 Å². The van der Waals surface area contributed by atoms with Crippen LogP contribution in [0.25, 0.3) is 0 Å². The molecule has 0 aliphatic carbocycles. The molecule has 2 saturated heterocycles. The highest BCUT2D eigenvalue weighted by atomic mass is 32.2. The molecule has 0 spiro atoms. The minimum Gasteiger partial charge on any atom is -0.344 e. The Balaban J connectivity index is 1.91. The SMILES string of the molecule is CC1CCCCN1C(=O)C(=O)NC1CCS(=O)(=O)C1. The summed E-state index contributed by atoms with van der Waals surface area (Å²) < 4.78 is 22.6. The zero-order valence-electron chi connectivity index (χ0n) is 11.1. The van der Waals surface area contributed by atoms with Gasteiger partial charge in [-0.3, -0.25) is 9.59 Å². The lowest BCUT2D eigenvalue weighted by molar-refractivity contribution is -0.148. The maximum Gasteiger partial charge on any atom is 0.312 e. The zero-order chi connectivity index (χ0) is 14.0. The molecule has 0 aromatic carbocycles. The van der Waals surface area contributed by atoms with E-state index in [1.54, 1.807) is 4.90 Å². The smallest absolute Gasteiger partial charge is 0.312 e. The molecule has 2 atom stereocenters. The first-order valence-electron chi connectivity index (χ1n) is 6.71. The summed E-state index contributed by atoms with van der Waals surface area (Å²) in [4.78, 5) is 25.5. The molecule has 2 heterocycles. The van der Waals surface area contributed by atoms with Crippen molar-refractivity contribution in [1.82, 2.24) is 10.2 Å². The van der Waals surface area contributed by atoms with Gasteiger partial charge in [-0.2, -0.15) is 0 Å². The van der Waals surface area contributed by atoms with Gasteiger partial charge in [0, 0.05) is 18.6 Å². The van der Waals surface area contributed by atoms with Crippen LogP contribution < -0.4 is 5.32 Å². The van der Waals surface area contributed by atoms with E-state index in [2.05, 4.69) is 5.32 Å². The molecule has 19 heavy (non-hydrogen) atoms. The Kier molecular flexibility index (Phi) is 4.13. The molecule has 2 amide bonds. The molecular weight excluding hydrogens is 268 g/mol. The van der Waals surface area contributed by atoms with E-state index < -0.39 is 27.7 Å². The highest BCUT2D eigenvalue weighted by Gasteiger charge is 2.33. The summed E-state index contributed by atoms with van der Waals surface area (Å²) in [5.41, 5.74) is 0. The van der Waals surface area contributed by atoms with E-state index in [0.29, 0.717) is 13.0 Å². The van der Waals surface area contributed by atoms with E-state index in [1.165, 1.54) is 0 Å². The van der Waals surface area contributed by atoms with Crippen molar-refractivity contribution in [3.05, 3.63) is 0 Å². The van der Waals surface area contributed by atoms with Crippen LogP contribution in [0.5, 0.6) is 0 Å². The summed E-state index contributed by atoms with van der Waals surface area (Å²) >= 11 is 0. The Labute approximate surface area is 113 Å². The Hall–Kier alpha value is -1.11. The lowest BCUT2D eigenvalue weighted by Gasteiger charge is -2.33. The molecule has 1 N–H and O–H groups in total. The number of piperidine rings is 1. The molecule has 0 aromatic rings. The molecule has 2 fully saturated rings. The number of amides is 2. The predicted molar refractivity (Wildman–Crippen MR) is 70.2 cm³/mol. The van der Waals surface area contributed by atoms with Crippen molar-refractivity contribution in [2.75, 3.05) is 18.1 Å². The summed E-state index contributed by atoms with van der Waals surface area (Å²) in [6.07, 6.45) is 3.31. The minimum absolute atomic E-state index is 0.0540. The van der Waals surface area contributed by atoms with Crippen molar-refractivity contribution in [3.8, 4) is 0 Å². The lowest BCUT2D eigenvalue weighted by atomic mass is 10.0. The van der Waals surface area contributed by atoms with Crippen LogP contribution in [0.15, 0.2) is 0 Å².